The van der Waals surface area contributed by atoms with Gasteiger partial charge in [0.2, 0.25) is 0 Å². The molecule has 2 aromatic carbocycles. The van der Waals surface area contributed by atoms with Crippen molar-refractivity contribution in [3.63, 3.8) is 0 Å². The summed E-state index contributed by atoms with van der Waals surface area (Å²) in [6.45, 7) is 6.50. The lowest BCUT2D eigenvalue weighted by Gasteiger charge is -2.07. The highest BCUT2D eigenvalue weighted by molar-refractivity contribution is 5.86. The summed E-state index contributed by atoms with van der Waals surface area (Å²) in [5.74, 6) is -1.49. The van der Waals surface area contributed by atoms with Crippen molar-refractivity contribution >= 4 is 22.7 Å². The van der Waals surface area contributed by atoms with Gasteiger partial charge in [-0.25, -0.2) is 14.0 Å². The fourth-order valence-electron chi connectivity index (χ4n) is 1.91. The van der Waals surface area contributed by atoms with Crippen molar-refractivity contribution in [3.8, 4) is 11.5 Å². The van der Waals surface area contributed by atoms with E-state index in [0.29, 0.717) is 16.5 Å². The van der Waals surface area contributed by atoms with Gasteiger partial charge in [0.1, 0.15) is 30.8 Å². The lowest BCUT2D eigenvalue weighted by Crippen LogP contribution is -1.94. The Labute approximate surface area is 154 Å². The van der Waals surface area contributed by atoms with Crippen LogP contribution >= 0.6 is 0 Å². The van der Waals surface area contributed by atoms with E-state index in [1.807, 2.05) is 0 Å². The van der Waals surface area contributed by atoms with E-state index in [1.165, 1.54) is 24.5 Å². The van der Waals surface area contributed by atoms with Crippen LogP contribution < -0.4 is 9.47 Å². The van der Waals surface area contributed by atoms with E-state index in [4.69, 9.17) is 9.47 Å². The quantitative estimate of drug-likeness (QED) is 0.395. The minimum Gasteiger partial charge on any atom is -0.462 e. The number of fused-ring (bicyclic) bond motifs is 1. The van der Waals surface area contributed by atoms with Crippen LogP contribution in [0.3, 0.4) is 0 Å². The van der Waals surface area contributed by atoms with Gasteiger partial charge in [0.25, 0.3) is 0 Å². The fraction of sp³-hybridized carbons (Fsp3) is 0. The first-order valence-electron chi connectivity index (χ1n) is 7.57. The summed E-state index contributed by atoms with van der Waals surface area (Å²) in [5, 5.41) is 0.870. The highest BCUT2D eigenvalue weighted by Crippen LogP contribution is 2.29. The summed E-state index contributed by atoms with van der Waals surface area (Å²) in [4.78, 5) is 21.7. The smallest absolute Gasteiger partial charge is 0.335 e. The third-order valence-electron chi connectivity index (χ3n) is 3.10. The average Bonchev–Trinajstić information content (AvgIpc) is 2.69. The Bertz CT molecular complexity index is 929. The third kappa shape index (κ3) is 5.57. The number of rotatable bonds is 8. The summed E-state index contributed by atoms with van der Waals surface area (Å²) in [5.41, 5.74) is 0. The van der Waals surface area contributed by atoms with Crippen LogP contribution in [0.1, 0.15) is 0 Å². The molecule has 0 amide bonds. The van der Waals surface area contributed by atoms with E-state index >= 15 is 0 Å². The Hall–Kier alpha value is -3.87. The average molecular weight is 370 g/mol. The molecule has 0 atom stereocenters. The van der Waals surface area contributed by atoms with Crippen molar-refractivity contribution in [2.45, 2.75) is 0 Å². The molecule has 27 heavy (non-hydrogen) atoms. The van der Waals surface area contributed by atoms with Gasteiger partial charge >= 0.3 is 11.9 Å². The zero-order chi connectivity index (χ0) is 19.6. The van der Waals surface area contributed by atoms with Gasteiger partial charge in [0.15, 0.2) is 11.6 Å². The van der Waals surface area contributed by atoms with Crippen molar-refractivity contribution in [2.24, 2.45) is 0 Å². The van der Waals surface area contributed by atoms with Crippen LogP contribution in [-0.4, -0.2) is 11.9 Å². The monoisotopic (exact) mass is 370 g/mol. The first kappa shape index (κ1) is 19.5. The first-order valence-corrected chi connectivity index (χ1v) is 7.57. The molecule has 0 aliphatic heterocycles. The number of carbonyl (C=O) groups is 2. The lowest BCUT2D eigenvalue weighted by molar-refractivity contribution is -0.133. The van der Waals surface area contributed by atoms with Crippen molar-refractivity contribution < 1.29 is 32.9 Å². The molecular formula is C20H15FO6. The fourth-order valence-corrected chi connectivity index (χ4v) is 1.91. The van der Waals surface area contributed by atoms with E-state index in [1.54, 1.807) is 12.1 Å². The summed E-state index contributed by atoms with van der Waals surface area (Å²) in [6, 6.07) is 7.70. The predicted molar refractivity (Wildman–Crippen MR) is 96.0 cm³/mol. The minimum atomic E-state index is -0.658. The van der Waals surface area contributed by atoms with Gasteiger partial charge in [0.05, 0.1) is 0 Å². The number of esters is 2. The summed E-state index contributed by atoms with van der Waals surface area (Å²) < 4.78 is 34.1. The third-order valence-corrected chi connectivity index (χ3v) is 3.10. The van der Waals surface area contributed by atoms with E-state index in [-0.39, 0.29) is 5.75 Å². The Kier molecular flexibility index (Phi) is 6.90. The van der Waals surface area contributed by atoms with E-state index in [0.717, 1.165) is 30.9 Å². The predicted octanol–water partition coefficient (Wildman–Crippen LogP) is 4.14. The molecule has 0 fully saturated rings. The lowest BCUT2D eigenvalue weighted by atomic mass is 10.1. The molecule has 0 saturated carbocycles. The summed E-state index contributed by atoms with van der Waals surface area (Å²) in [6.07, 6.45) is 6.26. The molecule has 0 N–H and O–H groups in total. The second kappa shape index (κ2) is 9.57. The minimum absolute atomic E-state index is 0.0432. The zero-order valence-electron chi connectivity index (χ0n) is 14.1. The molecule has 0 aliphatic rings. The molecule has 7 heteroatoms. The molecule has 138 valence electrons. The highest BCUT2D eigenvalue weighted by Gasteiger charge is 2.09. The van der Waals surface area contributed by atoms with Crippen LogP contribution in [0.4, 0.5) is 4.39 Å². The molecule has 6 nitrogen and oxygen atoms in total. The SMILES string of the molecule is C=CC(=O)OC=COc1ccc2c(F)c(OC=COC(=O)C=C)ccc2c1. The molecule has 0 saturated heterocycles. The van der Waals surface area contributed by atoms with Crippen LogP contribution in [-0.2, 0) is 19.1 Å². The molecule has 0 aromatic heterocycles. The molecule has 0 aliphatic carbocycles. The Morgan fingerprint density at radius 3 is 2.11 bits per heavy atom. The van der Waals surface area contributed by atoms with Gasteiger partial charge < -0.3 is 18.9 Å². The topological polar surface area (TPSA) is 71.1 Å². The highest BCUT2D eigenvalue weighted by atomic mass is 19.1. The van der Waals surface area contributed by atoms with Crippen molar-refractivity contribution in [1.82, 2.24) is 0 Å². The molecule has 2 rings (SSSR count). The second-order valence-electron chi connectivity index (χ2n) is 4.82. The number of hydrogen-bond acceptors (Lipinski definition) is 6. The van der Waals surface area contributed by atoms with Gasteiger partial charge in [-0.1, -0.05) is 19.2 Å². The maximum Gasteiger partial charge on any atom is 0.335 e. The molecule has 0 unspecified atom stereocenters. The molecule has 0 spiro atoms. The van der Waals surface area contributed by atoms with E-state index in [2.05, 4.69) is 22.6 Å². The molecule has 0 radical (unpaired) electrons. The number of benzene rings is 2. The molecule has 0 bridgehead atoms. The van der Waals surface area contributed by atoms with E-state index in [9.17, 15) is 14.0 Å². The van der Waals surface area contributed by atoms with Gasteiger partial charge in [-0.05, 0) is 29.7 Å². The van der Waals surface area contributed by atoms with Crippen molar-refractivity contribution in [3.05, 3.63) is 86.5 Å². The maximum absolute atomic E-state index is 14.5. The van der Waals surface area contributed by atoms with Gasteiger partial charge in [-0.3, -0.25) is 0 Å². The van der Waals surface area contributed by atoms with Gasteiger partial charge in [-0.15, -0.1) is 0 Å². The van der Waals surface area contributed by atoms with Crippen LogP contribution in [0.15, 0.2) is 80.7 Å². The Balaban J connectivity index is 2.07. The Morgan fingerprint density at radius 2 is 1.48 bits per heavy atom. The normalized spacial score (nSPS) is 10.7. The standard InChI is InChI=1S/C20H15FO6/c1-3-18(22)26-11-9-24-15-6-7-16-14(13-15)5-8-17(20(16)21)25-10-12-27-19(23)4-2/h3-13H,1-2H2. The van der Waals surface area contributed by atoms with Crippen LogP contribution in [0.25, 0.3) is 10.8 Å². The summed E-state index contributed by atoms with van der Waals surface area (Å²) >= 11 is 0. The number of carbonyl (C=O) groups excluding carboxylic acids is 2. The number of ether oxygens (including phenoxy) is 4. The van der Waals surface area contributed by atoms with Crippen LogP contribution in [0.2, 0.25) is 0 Å². The van der Waals surface area contributed by atoms with Crippen molar-refractivity contribution in [2.75, 3.05) is 0 Å². The van der Waals surface area contributed by atoms with Crippen molar-refractivity contribution in [1.29, 1.82) is 0 Å². The maximum atomic E-state index is 14.5. The van der Waals surface area contributed by atoms with Crippen LogP contribution in [0.5, 0.6) is 11.5 Å². The van der Waals surface area contributed by atoms with Crippen LogP contribution in [0, 0.1) is 5.82 Å². The largest absolute Gasteiger partial charge is 0.462 e. The molecular weight excluding hydrogens is 355 g/mol. The van der Waals surface area contributed by atoms with Gasteiger partial charge in [0, 0.05) is 17.5 Å². The van der Waals surface area contributed by atoms with E-state index < -0.39 is 17.8 Å². The molecule has 0 heterocycles. The number of halogens is 1. The van der Waals surface area contributed by atoms with Gasteiger partial charge in [-0.2, -0.15) is 0 Å². The number of hydrogen-bond donors (Lipinski definition) is 0. The Morgan fingerprint density at radius 1 is 0.852 bits per heavy atom. The second-order valence-corrected chi connectivity index (χ2v) is 4.82. The zero-order valence-corrected chi connectivity index (χ0v) is 14.1. The first-order chi connectivity index (χ1) is 13.0. The summed E-state index contributed by atoms with van der Waals surface area (Å²) in [7, 11) is 0. The molecule has 2 aromatic rings.